The highest BCUT2D eigenvalue weighted by Gasteiger charge is 2.20. The van der Waals surface area contributed by atoms with Crippen LogP contribution >= 0.6 is 11.3 Å². The Morgan fingerprint density at radius 2 is 1.83 bits per heavy atom. The summed E-state index contributed by atoms with van der Waals surface area (Å²) in [5.41, 5.74) is 1.58. The summed E-state index contributed by atoms with van der Waals surface area (Å²) in [6, 6.07) is 13.2. The average molecular weight is 427 g/mol. The first-order valence-electron chi connectivity index (χ1n) is 10.0. The number of hydrogen-bond donors (Lipinski definition) is 1. The van der Waals surface area contributed by atoms with Crippen molar-refractivity contribution in [1.29, 1.82) is 0 Å². The number of carbonyl (C=O) groups is 1. The lowest BCUT2D eigenvalue weighted by molar-refractivity contribution is 0.0947. The van der Waals surface area contributed by atoms with Crippen LogP contribution in [0.25, 0.3) is 10.2 Å². The Morgan fingerprint density at radius 1 is 1.07 bits per heavy atom. The van der Waals surface area contributed by atoms with Crippen molar-refractivity contribution in [2.75, 3.05) is 58.4 Å². The summed E-state index contributed by atoms with van der Waals surface area (Å²) >= 11 is 1.71. The van der Waals surface area contributed by atoms with Gasteiger partial charge in [0, 0.05) is 44.8 Å². The van der Waals surface area contributed by atoms with Gasteiger partial charge in [0.15, 0.2) is 5.13 Å². The van der Waals surface area contributed by atoms with E-state index in [1.165, 1.54) is 0 Å². The predicted octanol–water partition coefficient (Wildman–Crippen LogP) is 2.87. The van der Waals surface area contributed by atoms with Crippen molar-refractivity contribution in [3.05, 3.63) is 48.0 Å². The third-order valence-electron chi connectivity index (χ3n) is 5.30. The number of rotatable bonds is 7. The minimum atomic E-state index is -0.0558. The van der Waals surface area contributed by atoms with E-state index in [1.54, 1.807) is 49.8 Å². The van der Waals surface area contributed by atoms with Gasteiger partial charge < -0.3 is 19.7 Å². The minimum Gasteiger partial charge on any atom is -0.497 e. The van der Waals surface area contributed by atoms with Crippen LogP contribution in [0.1, 0.15) is 10.4 Å². The molecule has 2 heterocycles. The van der Waals surface area contributed by atoms with Crippen LogP contribution in [0.4, 0.5) is 5.13 Å². The molecule has 0 saturated carbocycles. The van der Waals surface area contributed by atoms with Crippen molar-refractivity contribution in [3.63, 3.8) is 0 Å². The van der Waals surface area contributed by atoms with Gasteiger partial charge in [0.05, 0.1) is 18.9 Å². The zero-order valence-corrected chi connectivity index (χ0v) is 18.1. The van der Waals surface area contributed by atoms with Crippen molar-refractivity contribution >= 4 is 32.6 Å². The number of thiazole rings is 1. The molecule has 1 aliphatic heterocycles. The lowest BCUT2D eigenvalue weighted by Crippen LogP contribution is -2.48. The van der Waals surface area contributed by atoms with E-state index in [1.807, 2.05) is 12.1 Å². The molecule has 1 saturated heterocycles. The van der Waals surface area contributed by atoms with Crippen LogP contribution in [-0.2, 0) is 0 Å². The van der Waals surface area contributed by atoms with Crippen LogP contribution in [0.3, 0.4) is 0 Å². The highest BCUT2D eigenvalue weighted by atomic mass is 32.1. The molecule has 0 spiro atoms. The van der Waals surface area contributed by atoms with Gasteiger partial charge in [-0.2, -0.15) is 0 Å². The molecule has 1 N–H and O–H groups in total. The first-order chi connectivity index (χ1) is 14.7. The SMILES string of the molecule is COc1ccc(C(=O)NCCN2CCN(c3nc4c(OC)cccc4s3)CC2)cc1. The Hall–Kier alpha value is -2.84. The second kappa shape index (κ2) is 9.32. The molecule has 0 unspecified atom stereocenters. The molecule has 3 aromatic rings. The number of benzene rings is 2. The largest absolute Gasteiger partial charge is 0.497 e. The number of anilines is 1. The smallest absolute Gasteiger partial charge is 0.251 e. The molecule has 1 aromatic heterocycles. The molecule has 0 radical (unpaired) electrons. The fraction of sp³-hybridized carbons (Fsp3) is 0.364. The second-order valence-corrected chi connectivity index (χ2v) is 8.13. The molecule has 158 valence electrons. The summed E-state index contributed by atoms with van der Waals surface area (Å²) in [5, 5.41) is 4.04. The Morgan fingerprint density at radius 3 is 2.53 bits per heavy atom. The molecule has 0 bridgehead atoms. The maximum atomic E-state index is 12.3. The third kappa shape index (κ3) is 4.49. The van der Waals surface area contributed by atoms with Gasteiger partial charge in [-0.1, -0.05) is 17.4 Å². The molecule has 4 rings (SSSR count). The molecule has 30 heavy (non-hydrogen) atoms. The van der Waals surface area contributed by atoms with E-state index in [2.05, 4.69) is 21.2 Å². The van der Waals surface area contributed by atoms with Gasteiger partial charge >= 0.3 is 0 Å². The molecule has 0 atom stereocenters. The van der Waals surface area contributed by atoms with Crippen molar-refractivity contribution in [2.24, 2.45) is 0 Å². The number of ether oxygens (including phenoxy) is 2. The van der Waals surface area contributed by atoms with E-state index >= 15 is 0 Å². The number of carbonyl (C=O) groups excluding carboxylic acids is 1. The lowest BCUT2D eigenvalue weighted by Gasteiger charge is -2.34. The number of nitrogens with one attached hydrogen (secondary N) is 1. The quantitative estimate of drug-likeness (QED) is 0.627. The number of methoxy groups -OCH3 is 2. The van der Waals surface area contributed by atoms with Crippen LogP contribution in [0.2, 0.25) is 0 Å². The normalized spacial score (nSPS) is 14.7. The fourth-order valence-electron chi connectivity index (χ4n) is 3.55. The summed E-state index contributed by atoms with van der Waals surface area (Å²) < 4.78 is 11.7. The number of piperazine rings is 1. The standard InChI is InChI=1S/C22H26N4O3S/c1-28-17-8-6-16(7-9-17)21(27)23-10-11-25-12-14-26(15-13-25)22-24-20-18(29-2)4-3-5-19(20)30-22/h3-9H,10-15H2,1-2H3,(H,23,27). The molecule has 7 nitrogen and oxygen atoms in total. The Bertz CT molecular complexity index is 997. The lowest BCUT2D eigenvalue weighted by atomic mass is 10.2. The fourth-order valence-corrected chi connectivity index (χ4v) is 4.58. The van der Waals surface area contributed by atoms with Crippen molar-refractivity contribution in [3.8, 4) is 11.5 Å². The van der Waals surface area contributed by atoms with Crippen LogP contribution in [0, 0.1) is 0 Å². The maximum absolute atomic E-state index is 12.3. The Labute approximate surface area is 180 Å². The van der Waals surface area contributed by atoms with Crippen LogP contribution in [-0.4, -0.2) is 69.3 Å². The summed E-state index contributed by atoms with van der Waals surface area (Å²) in [5.74, 6) is 1.51. The van der Waals surface area contributed by atoms with Gasteiger partial charge in [0.1, 0.15) is 17.0 Å². The van der Waals surface area contributed by atoms with Gasteiger partial charge in [0.25, 0.3) is 5.91 Å². The van der Waals surface area contributed by atoms with E-state index in [0.29, 0.717) is 12.1 Å². The topological polar surface area (TPSA) is 66.9 Å². The van der Waals surface area contributed by atoms with Crippen molar-refractivity contribution in [2.45, 2.75) is 0 Å². The second-order valence-electron chi connectivity index (χ2n) is 7.12. The summed E-state index contributed by atoms with van der Waals surface area (Å²) in [4.78, 5) is 21.8. The van der Waals surface area contributed by atoms with E-state index in [9.17, 15) is 4.79 Å². The highest BCUT2D eigenvalue weighted by molar-refractivity contribution is 7.22. The number of para-hydroxylation sites is 1. The molecule has 2 aromatic carbocycles. The van der Waals surface area contributed by atoms with E-state index < -0.39 is 0 Å². The van der Waals surface area contributed by atoms with Crippen LogP contribution in [0.15, 0.2) is 42.5 Å². The van der Waals surface area contributed by atoms with Gasteiger partial charge in [-0.05, 0) is 36.4 Å². The molecular formula is C22H26N4O3S. The maximum Gasteiger partial charge on any atom is 0.251 e. The summed E-state index contributed by atoms with van der Waals surface area (Å²) in [6.45, 7) is 5.21. The monoisotopic (exact) mass is 426 g/mol. The number of fused-ring (bicyclic) bond motifs is 1. The van der Waals surface area contributed by atoms with Crippen LogP contribution < -0.4 is 19.7 Å². The van der Waals surface area contributed by atoms with E-state index in [4.69, 9.17) is 14.5 Å². The highest BCUT2D eigenvalue weighted by Crippen LogP contribution is 2.34. The van der Waals surface area contributed by atoms with Crippen LogP contribution in [0.5, 0.6) is 11.5 Å². The number of hydrogen-bond acceptors (Lipinski definition) is 7. The molecule has 1 amide bonds. The van der Waals surface area contributed by atoms with Gasteiger partial charge in [0.2, 0.25) is 0 Å². The van der Waals surface area contributed by atoms with E-state index in [0.717, 1.165) is 59.6 Å². The number of aromatic nitrogens is 1. The molecule has 1 aliphatic rings. The summed E-state index contributed by atoms with van der Waals surface area (Å²) in [6.07, 6.45) is 0. The zero-order valence-electron chi connectivity index (χ0n) is 17.3. The van der Waals surface area contributed by atoms with Gasteiger partial charge in [-0.25, -0.2) is 4.98 Å². The minimum absolute atomic E-state index is 0.0558. The zero-order chi connectivity index (χ0) is 20.9. The number of nitrogens with zero attached hydrogens (tertiary/aromatic N) is 3. The first-order valence-corrected chi connectivity index (χ1v) is 10.8. The average Bonchev–Trinajstić information content (AvgIpc) is 3.24. The van der Waals surface area contributed by atoms with Gasteiger partial charge in [-0.3, -0.25) is 9.69 Å². The van der Waals surface area contributed by atoms with E-state index in [-0.39, 0.29) is 5.91 Å². The molecule has 8 heteroatoms. The molecular weight excluding hydrogens is 400 g/mol. The molecule has 0 aliphatic carbocycles. The summed E-state index contributed by atoms with van der Waals surface area (Å²) in [7, 11) is 3.29. The third-order valence-corrected chi connectivity index (χ3v) is 6.38. The van der Waals surface area contributed by atoms with Crippen molar-refractivity contribution in [1.82, 2.24) is 15.2 Å². The Kier molecular flexibility index (Phi) is 6.35. The molecule has 1 fully saturated rings. The first kappa shape index (κ1) is 20.4. The van der Waals surface area contributed by atoms with Gasteiger partial charge in [-0.15, -0.1) is 0 Å². The Balaban J connectivity index is 1.25. The predicted molar refractivity (Wildman–Crippen MR) is 120 cm³/mol. The van der Waals surface area contributed by atoms with Crippen molar-refractivity contribution < 1.29 is 14.3 Å². The number of amides is 1.